The van der Waals surface area contributed by atoms with Crippen LogP contribution in [0.15, 0.2) is 34.5 Å². The lowest BCUT2D eigenvalue weighted by molar-refractivity contribution is -0.0583. The zero-order valence-corrected chi connectivity index (χ0v) is 22.4. The summed E-state index contributed by atoms with van der Waals surface area (Å²) in [5.41, 5.74) is 4.81. The average Bonchev–Trinajstić information content (AvgIpc) is 3.57. The van der Waals surface area contributed by atoms with Gasteiger partial charge >= 0.3 is 12.5 Å². The highest BCUT2D eigenvalue weighted by molar-refractivity contribution is 8.44. The molecule has 2 aliphatic heterocycles. The van der Waals surface area contributed by atoms with Gasteiger partial charge in [-0.05, 0) is 0 Å². The lowest BCUT2D eigenvalue weighted by Gasteiger charge is -2.26. The lowest BCUT2D eigenvalue weighted by Crippen LogP contribution is -2.37. The molecule has 5 N–H and O–H groups in total. The third kappa shape index (κ3) is 5.31. The number of nitrogen functional groups attached to an aromatic ring is 1. The first-order valence-corrected chi connectivity index (χ1v) is 14.4. The number of halogens is 1. The fourth-order valence-electron chi connectivity index (χ4n) is 4.56. The van der Waals surface area contributed by atoms with Crippen molar-refractivity contribution in [2.45, 2.75) is 49.1 Å². The number of aromatic nitrogens is 6. The minimum absolute atomic E-state index is 0.134. The van der Waals surface area contributed by atoms with E-state index in [2.05, 4.69) is 27.2 Å². The summed E-state index contributed by atoms with van der Waals surface area (Å²) in [6, 6.07) is 0.985. The number of imidazole rings is 1. The molecule has 5 rings (SSSR count). The van der Waals surface area contributed by atoms with Gasteiger partial charge in [0.1, 0.15) is 42.4 Å². The Morgan fingerprint density at radius 1 is 1.20 bits per heavy atom. The van der Waals surface area contributed by atoms with E-state index in [9.17, 15) is 28.8 Å². The number of hydrogen-bond donors (Lipinski definition) is 5. The first-order chi connectivity index (χ1) is 19.0. The second-order valence-electron chi connectivity index (χ2n) is 8.88. The van der Waals surface area contributed by atoms with Crippen LogP contribution < -0.4 is 17.0 Å². The van der Waals surface area contributed by atoms with Crippen LogP contribution in [0, 0.1) is 0 Å². The molecule has 2 saturated heterocycles. The first-order valence-electron chi connectivity index (χ1n) is 11.7. The Balaban J connectivity index is 1.29. The van der Waals surface area contributed by atoms with E-state index in [-0.39, 0.29) is 5.82 Å². The number of thiol groups is 1. The van der Waals surface area contributed by atoms with Crippen molar-refractivity contribution >= 4 is 36.0 Å². The third-order valence-corrected chi connectivity index (χ3v) is 8.09. The molecule has 5 heterocycles. The number of methoxy groups -OCH3 is 1. The van der Waals surface area contributed by atoms with Crippen molar-refractivity contribution in [2.24, 2.45) is 0 Å². The van der Waals surface area contributed by atoms with Crippen molar-refractivity contribution in [1.82, 2.24) is 29.1 Å². The molecule has 9 atom stereocenters. The van der Waals surface area contributed by atoms with Gasteiger partial charge in [-0.25, -0.2) is 28.7 Å². The van der Waals surface area contributed by atoms with Crippen molar-refractivity contribution in [3.8, 4) is 0 Å². The Bertz CT molecular complexity index is 1540. The predicted octanol–water partition coefficient (Wildman–Crippen LogP) is -1.10. The van der Waals surface area contributed by atoms with Crippen LogP contribution in [0.5, 0.6) is 0 Å². The van der Waals surface area contributed by atoms with Gasteiger partial charge in [0.2, 0.25) is 0 Å². The molecular formula is C20H25FN7O10PS. The van der Waals surface area contributed by atoms with Crippen molar-refractivity contribution in [1.29, 1.82) is 0 Å². The van der Waals surface area contributed by atoms with Gasteiger partial charge in [-0.2, -0.15) is 0 Å². The molecule has 0 radical (unpaired) electrons. The van der Waals surface area contributed by atoms with E-state index in [1.165, 1.54) is 24.3 Å². The Kier molecular flexibility index (Phi) is 8.10. The summed E-state index contributed by atoms with van der Waals surface area (Å²) in [5, 5.41) is 20.2. The molecule has 0 bridgehead atoms. The van der Waals surface area contributed by atoms with Crippen LogP contribution in [-0.2, 0) is 27.8 Å². The van der Waals surface area contributed by atoms with E-state index in [4.69, 9.17) is 29.0 Å². The second kappa shape index (κ2) is 11.3. The van der Waals surface area contributed by atoms with Crippen LogP contribution in [0.25, 0.3) is 11.2 Å². The van der Waals surface area contributed by atoms with E-state index in [0.29, 0.717) is 11.2 Å². The van der Waals surface area contributed by atoms with E-state index < -0.39 is 80.4 Å². The summed E-state index contributed by atoms with van der Waals surface area (Å²) in [6.45, 7) is -5.51. The highest BCUT2D eigenvalue weighted by Crippen LogP contribution is 2.57. The molecule has 5 unspecified atom stereocenters. The molecule has 3 aromatic heterocycles. The molecule has 40 heavy (non-hydrogen) atoms. The maximum Gasteiger partial charge on any atom is 0.386 e. The number of H-pyrrole nitrogens is 1. The minimum Gasteiger partial charge on any atom is -0.394 e. The smallest absolute Gasteiger partial charge is 0.386 e. The normalized spacial score (nSPS) is 32.0. The quantitative estimate of drug-likeness (QED) is 0.144. The molecule has 17 nitrogen and oxygen atoms in total. The Labute approximate surface area is 228 Å². The summed E-state index contributed by atoms with van der Waals surface area (Å²) >= 11 is 3.98. The molecule has 0 aromatic carbocycles. The van der Waals surface area contributed by atoms with Gasteiger partial charge < -0.3 is 30.2 Å². The molecule has 218 valence electrons. The molecule has 0 spiro atoms. The van der Waals surface area contributed by atoms with Crippen LogP contribution in [0.2, 0.25) is 0 Å². The van der Waals surface area contributed by atoms with Crippen LogP contribution >= 0.6 is 19.0 Å². The number of aliphatic hydroxyl groups is 2. The zero-order valence-electron chi connectivity index (χ0n) is 20.6. The fraction of sp³-hybridized carbons (Fsp3) is 0.550. The molecule has 2 fully saturated rings. The van der Waals surface area contributed by atoms with Crippen LogP contribution in [0.1, 0.15) is 12.5 Å². The number of nitrogens with zero attached hydrogens (tertiary/aromatic N) is 5. The van der Waals surface area contributed by atoms with E-state index in [1.54, 1.807) is 0 Å². The van der Waals surface area contributed by atoms with Gasteiger partial charge in [0.25, 0.3) is 5.56 Å². The van der Waals surface area contributed by atoms with Crippen LogP contribution in [0.4, 0.5) is 10.2 Å². The fourth-order valence-corrected chi connectivity index (χ4v) is 6.04. The summed E-state index contributed by atoms with van der Waals surface area (Å²) < 4.78 is 57.9. The highest BCUT2D eigenvalue weighted by Gasteiger charge is 2.51. The van der Waals surface area contributed by atoms with Gasteiger partial charge in [0, 0.05) is 19.4 Å². The van der Waals surface area contributed by atoms with Gasteiger partial charge in [-0.1, -0.05) is 12.2 Å². The number of fused-ring (bicyclic) bond motifs is 1. The molecular weight excluding hydrogens is 580 g/mol. The van der Waals surface area contributed by atoms with Crippen LogP contribution in [-0.4, -0.2) is 96.3 Å². The van der Waals surface area contributed by atoms with Crippen molar-refractivity contribution < 1.29 is 42.4 Å². The van der Waals surface area contributed by atoms with Crippen molar-refractivity contribution in [2.75, 3.05) is 26.1 Å². The number of alkyl halides is 1. The largest absolute Gasteiger partial charge is 0.394 e. The van der Waals surface area contributed by atoms with Gasteiger partial charge in [0.15, 0.2) is 30.1 Å². The number of nitrogens with two attached hydrogens (primary N) is 1. The molecule has 2 aliphatic rings. The monoisotopic (exact) mass is 605 g/mol. The third-order valence-electron chi connectivity index (χ3n) is 6.47. The maximum absolute atomic E-state index is 14.8. The number of anilines is 1. The molecule has 20 heteroatoms. The molecule has 0 aliphatic carbocycles. The minimum atomic E-state index is -4.29. The summed E-state index contributed by atoms with van der Waals surface area (Å²) in [5.74, 6) is 0.134. The van der Waals surface area contributed by atoms with Crippen molar-refractivity contribution in [3.63, 3.8) is 0 Å². The molecule has 0 amide bonds. The Morgan fingerprint density at radius 2 is 1.95 bits per heavy atom. The Hall–Kier alpha value is -2.74. The topological polar surface area (TPSA) is 228 Å². The Morgan fingerprint density at radius 3 is 2.65 bits per heavy atom. The zero-order chi connectivity index (χ0) is 28.8. The average molecular weight is 605 g/mol. The summed E-state index contributed by atoms with van der Waals surface area (Å²) in [7, 11) is 1.34. The summed E-state index contributed by atoms with van der Waals surface area (Å²) in [4.78, 5) is 37.5. The summed E-state index contributed by atoms with van der Waals surface area (Å²) in [6.07, 6.45) is -7.37. The number of aliphatic hydroxyl groups excluding tert-OH is 2. The van der Waals surface area contributed by atoms with E-state index in [0.717, 1.165) is 16.8 Å². The van der Waals surface area contributed by atoms with E-state index >= 15 is 0 Å². The maximum atomic E-state index is 14.8. The molecule has 0 saturated carbocycles. The molecule has 3 aromatic rings. The number of nitrogens with one attached hydrogen (secondary N) is 1. The second-order valence-corrected chi connectivity index (χ2v) is 11.8. The first kappa shape index (κ1) is 28.8. The number of hydrogen-bond acceptors (Lipinski definition) is 14. The van der Waals surface area contributed by atoms with E-state index in [1.807, 2.05) is 4.98 Å². The van der Waals surface area contributed by atoms with Crippen molar-refractivity contribution in [3.05, 3.63) is 45.8 Å². The van der Waals surface area contributed by atoms with Gasteiger partial charge in [-0.15, -0.1) is 0 Å². The highest BCUT2D eigenvalue weighted by atomic mass is 32.7. The van der Waals surface area contributed by atoms with Gasteiger partial charge in [0.05, 0.1) is 19.5 Å². The number of aromatic amines is 1. The standard InChI is InChI=1S/C20H25FN7O10PS/c1-34-15-14(8(4-29)36-19(15)28-7-25-12-16(22)23-6-24-17(12)28)38-39(33,40)35-5-9-13(31)11(21)18(37-9)27-3-2-10(30)26-20(27)32/h2-3,6-9,11,13-15,18-19,29,31H,4-5H2,1H3,(H,33,40)(H2,22,23,24)(H,26,30,32)/t8-,9-,11?,13?,14?,15?,18-,19-,39?/m1/s1. The number of rotatable bonds is 9. The van der Waals surface area contributed by atoms with Gasteiger partial charge in [-0.3, -0.25) is 28.0 Å². The van der Waals surface area contributed by atoms with Crippen LogP contribution in [0.3, 0.4) is 0 Å². The number of ether oxygens (including phenoxy) is 3. The lowest BCUT2D eigenvalue weighted by atomic mass is 10.1. The SMILES string of the molecule is COC1C(OP(=O)(S)OC[C@H]2O[C@@H](n3ccc(=O)[nH]c3=O)C(F)C2O)[C@@H](CO)O[C@H]1n1cnc2c(N)ncnc21. The predicted molar refractivity (Wildman–Crippen MR) is 135 cm³/mol.